The van der Waals surface area contributed by atoms with Gasteiger partial charge in [-0.05, 0) is 56.5 Å². The van der Waals surface area contributed by atoms with E-state index in [2.05, 4.69) is 10.6 Å². The molecule has 0 unspecified atom stereocenters. The van der Waals surface area contributed by atoms with E-state index in [1.807, 2.05) is 25.1 Å². The molecule has 0 radical (unpaired) electrons. The number of anilines is 1. The molecule has 1 aromatic carbocycles. The van der Waals surface area contributed by atoms with Gasteiger partial charge in [-0.25, -0.2) is 4.79 Å². The predicted molar refractivity (Wildman–Crippen MR) is 122 cm³/mol. The molecule has 3 rings (SSSR count). The number of ether oxygens (including phenoxy) is 1. The quantitative estimate of drug-likeness (QED) is 0.626. The van der Waals surface area contributed by atoms with Crippen molar-refractivity contribution >= 4 is 29.2 Å². The summed E-state index contributed by atoms with van der Waals surface area (Å²) < 4.78 is 5.03. The molecule has 1 aliphatic heterocycles. The molecule has 1 fully saturated rings. The van der Waals surface area contributed by atoms with Gasteiger partial charge >= 0.3 is 6.03 Å². The zero-order chi connectivity index (χ0) is 22.2. The number of halogens is 1. The van der Waals surface area contributed by atoms with Gasteiger partial charge in [0.1, 0.15) is 0 Å². The van der Waals surface area contributed by atoms with E-state index in [0.717, 1.165) is 30.7 Å². The van der Waals surface area contributed by atoms with E-state index in [-0.39, 0.29) is 17.9 Å². The molecule has 2 heterocycles. The summed E-state index contributed by atoms with van der Waals surface area (Å²) in [5, 5.41) is 6.42. The highest BCUT2D eigenvalue weighted by molar-refractivity contribution is 6.30. The number of amides is 3. The highest BCUT2D eigenvalue weighted by atomic mass is 35.5. The third-order valence-corrected chi connectivity index (χ3v) is 5.60. The average Bonchev–Trinajstić information content (AvgIpc) is 2.76. The molecule has 1 saturated heterocycles. The molecule has 1 aliphatic rings. The molecule has 3 amide bonds. The number of hydrogen-bond acceptors (Lipinski definition) is 4. The lowest BCUT2D eigenvalue weighted by atomic mass is 9.90. The summed E-state index contributed by atoms with van der Waals surface area (Å²) in [6, 6.07) is 10.7. The summed E-state index contributed by atoms with van der Waals surface area (Å²) in [6.45, 7) is 4.29. The van der Waals surface area contributed by atoms with Gasteiger partial charge in [0.2, 0.25) is 0 Å². The number of likely N-dealkylation sites (tertiary alicyclic amines) is 1. The monoisotopic (exact) mass is 444 g/mol. The van der Waals surface area contributed by atoms with Gasteiger partial charge in [0.25, 0.3) is 5.91 Å². The number of pyridine rings is 1. The number of urea groups is 1. The molecule has 0 saturated carbocycles. The van der Waals surface area contributed by atoms with Crippen molar-refractivity contribution in [1.29, 1.82) is 0 Å². The highest BCUT2D eigenvalue weighted by Crippen LogP contribution is 2.30. The number of methoxy groups -OCH3 is 1. The molecule has 31 heavy (non-hydrogen) atoms. The number of aryl methyl sites for hydroxylation is 1. The van der Waals surface area contributed by atoms with Gasteiger partial charge in [0.15, 0.2) is 0 Å². The van der Waals surface area contributed by atoms with Crippen molar-refractivity contribution in [2.45, 2.75) is 32.1 Å². The molecular formula is C23H29ClN4O3. The molecule has 0 atom stereocenters. The lowest BCUT2D eigenvalue weighted by Crippen LogP contribution is -2.41. The van der Waals surface area contributed by atoms with E-state index >= 15 is 0 Å². The zero-order valence-corrected chi connectivity index (χ0v) is 18.7. The van der Waals surface area contributed by atoms with Gasteiger partial charge in [-0.1, -0.05) is 17.7 Å². The van der Waals surface area contributed by atoms with Crippen molar-refractivity contribution in [3.8, 4) is 0 Å². The molecule has 1 aromatic heterocycles. The molecule has 0 bridgehead atoms. The fourth-order valence-corrected chi connectivity index (χ4v) is 3.91. The maximum atomic E-state index is 12.7. The molecule has 7 nitrogen and oxygen atoms in total. The van der Waals surface area contributed by atoms with Gasteiger partial charge in [0.05, 0.1) is 11.3 Å². The van der Waals surface area contributed by atoms with Gasteiger partial charge < -0.3 is 20.3 Å². The largest absolute Gasteiger partial charge is 0.385 e. The predicted octanol–water partition coefficient (Wildman–Crippen LogP) is 4.22. The minimum absolute atomic E-state index is 0.111. The second-order valence-corrected chi connectivity index (χ2v) is 8.13. The Kier molecular flexibility index (Phi) is 8.26. The molecular weight excluding hydrogens is 416 g/mol. The lowest BCUT2D eigenvalue weighted by molar-refractivity contribution is 0.0945. The smallest absolute Gasteiger partial charge is 0.321 e. The van der Waals surface area contributed by atoms with Crippen molar-refractivity contribution in [2.24, 2.45) is 0 Å². The Balaban J connectivity index is 1.61. The normalized spacial score (nSPS) is 14.4. The van der Waals surface area contributed by atoms with Crippen LogP contribution in [0.3, 0.4) is 0 Å². The number of carbonyl (C=O) groups excluding carboxylic acids is 2. The van der Waals surface area contributed by atoms with Gasteiger partial charge in [-0.15, -0.1) is 0 Å². The SMILES string of the molecule is COCCCNC(=O)c1ccc(C)nc1C1CCN(C(=O)Nc2cccc(Cl)c2)CC1. The van der Waals surface area contributed by atoms with Crippen molar-refractivity contribution in [2.75, 3.05) is 38.7 Å². The number of benzene rings is 1. The summed E-state index contributed by atoms with van der Waals surface area (Å²) in [5.41, 5.74) is 2.99. The molecule has 0 spiro atoms. The van der Waals surface area contributed by atoms with Crippen molar-refractivity contribution < 1.29 is 14.3 Å². The van der Waals surface area contributed by atoms with Crippen LogP contribution in [0.4, 0.5) is 10.5 Å². The average molecular weight is 445 g/mol. The molecule has 2 N–H and O–H groups in total. The Morgan fingerprint density at radius 2 is 2.00 bits per heavy atom. The van der Waals surface area contributed by atoms with Crippen molar-refractivity contribution in [3.05, 3.63) is 58.4 Å². The van der Waals surface area contributed by atoms with Crippen LogP contribution in [-0.2, 0) is 4.74 Å². The van der Waals surface area contributed by atoms with E-state index in [1.54, 1.807) is 30.2 Å². The maximum absolute atomic E-state index is 12.7. The van der Waals surface area contributed by atoms with Crippen LogP contribution in [0, 0.1) is 6.92 Å². The first-order valence-corrected chi connectivity index (χ1v) is 10.9. The van der Waals surface area contributed by atoms with E-state index in [9.17, 15) is 9.59 Å². The minimum Gasteiger partial charge on any atom is -0.385 e. The fourth-order valence-electron chi connectivity index (χ4n) is 3.72. The van der Waals surface area contributed by atoms with E-state index in [0.29, 0.717) is 42.5 Å². The summed E-state index contributed by atoms with van der Waals surface area (Å²) in [7, 11) is 1.64. The van der Waals surface area contributed by atoms with Crippen LogP contribution in [-0.4, -0.2) is 55.2 Å². The summed E-state index contributed by atoms with van der Waals surface area (Å²) in [4.78, 5) is 31.8. The van der Waals surface area contributed by atoms with Crippen LogP contribution < -0.4 is 10.6 Å². The van der Waals surface area contributed by atoms with Gasteiger partial charge in [-0.3, -0.25) is 9.78 Å². The van der Waals surface area contributed by atoms with Crippen LogP contribution >= 0.6 is 11.6 Å². The molecule has 2 aromatic rings. The topological polar surface area (TPSA) is 83.6 Å². The number of aromatic nitrogens is 1. The minimum atomic E-state index is -0.144. The Hall–Kier alpha value is -2.64. The number of nitrogens with zero attached hydrogens (tertiary/aromatic N) is 2. The van der Waals surface area contributed by atoms with Crippen LogP contribution in [0.2, 0.25) is 5.02 Å². The first-order valence-electron chi connectivity index (χ1n) is 10.5. The van der Waals surface area contributed by atoms with Gasteiger partial charge in [-0.2, -0.15) is 0 Å². The van der Waals surface area contributed by atoms with Crippen LogP contribution in [0.1, 0.15) is 46.9 Å². The first-order chi connectivity index (χ1) is 15.0. The van der Waals surface area contributed by atoms with Crippen LogP contribution in [0.25, 0.3) is 0 Å². The third kappa shape index (κ3) is 6.42. The number of piperidine rings is 1. The van der Waals surface area contributed by atoms with E-state index in [4.69, 9.17) is 21.3 Å². The second-order valence-electron chi connectivity index (χ2n) is 7.69. The summed E-state index contributed by atoms with van der Waals surface area (Å²) in [6.07, 6.45) is 2.27. The Morgan fingerprint density at radius 1 is 1.23 bits per heavy atom. The second kappa shape index (κ2) is 11.1. The van der Waals surface area contributed by atoms with E-state index < -0.39 is 0 Å². The van der Waals surface area contributed by atoms with Crippen LogP contribution in [0.15, 0.2) is 36.4 Å². The molecule has 8 heteroatoms. The zero-order valence-electron chi connectivity index (χ0n) is 18.0. The number of rotatable bonds is 7. The fraction of sp³-hybridized carbons (Fsp3) is 0.435. The third-order valence-electron chi connectivity index (χ3n) is 5.36. The Morgan fingerprint density at radius 3 is 2.71 bits per heavy atom. The number of hydrogen-bond donors (Lipinski definition) is 2. The summed E-state index contributed by atoms with van der Waals surface area (Å²) >= 11 is 5.99. The number of carbonyl (C=O) groups is 2. The van der Waals surface area contributed by atoms with Crippen LogP contribution in [0.5, 0.6) is 0 Å². The molecule has 0 aliphatic carbocycles. The van der Waals surface area contributed by atoms with Crippen molar-refractivity contribution in [1.82, 2.24) is 15.2 Å². The highest BCUT2D eigenvalue weighted by Gasteiger charge is 2.28. The summed E-state index contributed by atoms with van der Waals surface area (Å²) in [5.74, 6) is 0.0228. The molecule has 166 valence electrons. The number of nitrogens with one attached hydrogen (secondary N) is 2. The first kappa shape index (κ1) is 23.0. The van der Waals surface area contributed by atoms with Crippen molar-refractivity contribution in [3.63, 3.8) is 0 Å². The lowest BCUT2D eigenvalue weighted by Gasteiger charge is -2.32. The standard InChI is InChI=1S/C23H29ClN4O3/c1-16-7-8-20(22(29)25-11-4-14-31-2)21(26-16)17-9-12-28(13-10-17)23(30)27-19-6-3-5-18(24)15-19/h3,5-8,15,17H,4,9-14H2,1-2H3,(H,25,29)(H,27,30). The van der Waals surface area contributed by atoms with E-state index in [1.165, 1.54) is 0 Å². The Bertz CT molecular complexity index is 913. The maximum Gasteiger partial charge on any atom is 0.321 e. The van der Waals surface area contributed by atoms with Gasteiger partial charge in [0, 0.05) is 55.7 Å². The Labute approximate surface area is 188 Å².